The van der Waals surface area contributed by atoms with E-state index < -0.39 is 6.09 Å². The number of amides is 1. The molecule has 0 aliphatic rings. The maximum Gasteiger partial charge on any atom is 0.407 e. The molecule has 1 aromatic rings. The Kier molecular flexibility index (Phi) is 14.9. The lowest BCUT2D eigenvalue weighted by atomic mass is 10.1. The van der Waals surface area contributed by atoms with Crippen LogP contribution >= 0.6 is 0 Å². The van der Waals surface area contributed by atoms with Crippen LogP contribution in [0.1, 0.15) is 26.3 Å². The van der Waals surface area contributed by atoms with Crippen LogP contribution in [0.2, 0.25) is 0 Å². The van der Waals surface area contributed by atoms with Gasteiger partial charge in [0.2, 0.25) is 0 Å². The molecule has 0 bridgehead atoms. The number of hydrogen-bond donors (Lipinski definition) is 2. The highest BCUT2D eigenvalue weighted by molar-refractivity contribution is 5.67. The number of benzene rings is 1. The van der Waals surface area contributed by atoms with Crippen LogP contribution in [0.25, 0.3) is 0 Å². The van der Waals surface area contributed by atoms with Crippen LogP contribution in [-0.2, 0) is 30.3 Å². The van der Waals surface area contributed by atoms with Crippen molar-refractivity contribution in [3.63, 3.8) is 0 Å². The third-order valence-corrected chi connectivity index (χ3v) is 3.64. The normalized spacial score (nSPS) is 11.4. The summed E-state index contributed by atoms with van der Waals surface area (Å²) in [5.74, 6) is 0. The Bertz CT molecular complexity index is 536. The first-order valence-electron chi connectivity index (χ1n) is 10.5. The molecule has 0 aromatic heterocycles. The number of nitrogens with one attached hydrogen (secondary N) is 2. The third-order valence-electron chi connectivity index (χ3n) is 3.64. The van der Waals surface area contributed by atoms with E-state index in [2.05, 4.69) is 10.6 Å². The van der Waals surface area contributed by atoms with Crippen molar-refractivity contribution < 1.29 is 28.5 Å². The van der Waals surface area contributed by atoms with Crippen LogP contribution in [0.4, 0.5) is 4.79 Å². The fraction of sp³-hybridized carbons (Fsp3) is 0.682. The van der Waals surface area contributed by atoms with Gasteiger partial charge in [0.1, 0.15) is 6.61 Å². The number of carbonyl (C=O) groups is 1. The lowest BCUT2D eigenvalue weighted by molar-refractivity contribution is 0.0267. The van der Waals surface area contributed by atoms with Gasteiger partial charge in [-0.2, -0.15) is 0 Å². The van der Waals surface area contributed by atoms with Gasteiger partial charge in [-0.1, -0.05) is 30.3 Å². The van der Waals surface area contributed by atoms with Gasteiger partial charge in [-0.25, -0.2) is 4.79 Å². The molecule has 8 nitrogen and oxygen atoms in total. The SMILES string of the molecule is CC(C)(C)NC(=O)OCCOCCOCCNCCOCCOCc1ccccc1. The zero-order valence-corrected chi connectivity index (χ0v) is 18.6. The lowest BCUT2D eigenvalue weighted by Gasteiger charge is -2.19. The number of carbonyl (C=O) groups excluding carboxylic acids is 1. The maximum absolute atomic E-state index is 11.4. The van der Waals surface area contributed by atoms with Gasteiger partial charge in [-0.05, 0) is 26.3 Å². The second kappa shape index (κ2) is 17.0. The largest absolute Gasteiger partial charge is 0.447 e. The summed E-state index contributed by atoms with van der Waals surface area (Å²) in [7, 11) is 0. The summed E-state index contributed by atoms with van der Waals surface area (Å²) in [4.78, 5) is 11.4. The molecule has 2 N–H and O–H groups in total. The van der Waals surface area contributed by atoms with E-state index >= 15 is 0 Å². The van der Waals surface area contributed by atoms with Crippen molar-refractivity contribution in [2.45, 2.75) is 32.9 Å². The van der Waals surface area contributed by atoms with Crippen molar-refractivity contribution in [3.05, 3.63) is 35.9 Å². The van der Waals surface area contributed by atoms with Crippen molar-refractivity contribution >= 4 is 6.09 Å². The van der Waals surface area contributed by atoms with E-state index in [1.165, 1.54) is 5.56 Å². The van der Waals surface area contributed by atoms with Gasteiger partial charge in [0.05, 0.1) is 52.9 Å². The predicted molar refractivity (Wildman–Crippen MR) is 116 cm³/mol. The Morgan fingerprint density at radius 2 is 1.30 bits per heavy atom. The molecular weight excluding hydrogens is 388 g/mol. The first-order chi connectivity index (χ1) is 14.5. The smallest absolute Gasteiger partial charge is 0.407 e. The van der Waals surface area contributed by atoms with Gasteiger partial charge in [-0.15, -0.1) is 0 Å². The average Bonchev–Trinajstić information content (AvgIpc) is 2.69. The number of hydrogen-bond acceptors (Lipinski definition) is 7. The Hall–Kier alpha value is -1.71. The fourth-order valence-electron chi connectivity index (χ4n) is 2.26. The quantitative estimate of drug-likeness (QED) is 0.370. The predicted octanol–water partition coefficient (Wildman–Crippen LogP) is 2.37. The highest BCUT2D eigenvalue weighted by atomic mass is 16.6. The van der Waals surface area contributed by atoms with Gasteiger partial charge in [0, 0.05) is 18.6 Å². The minimum Gasteiger partial charge on any atom is -0.447 e. The second-order valence-corrected chi connectivity index (χ2v) is 7.64. The number of alkyl carbamates (subject to hydrolysis) is 1. The molecule has 1 rings (SSSR count). The molecule has 0 aliphatic heterocycles. The van der Waals surface area contributed by atoms with E-state index in [1.807, 2.05) is 51.1 Å². The van der Waals surface area contributed by atoms with Crippen molar-refractivity contribution in [2.24, 2.45) is 0 Å². The second-order valence-electron chi connectivity index (χ2n) is 7.64. The van der Waals surface area contributed by atoms with Crippen LogP contribution in [0.5, 0.6) is 0 Å². The van der Waals surface area contributed by atoms with Gasteiger partial charge in [-0.3, -0.25) is 0 Å². The van der Waals surface area contributed by atoms with Crippen LogP contribution in [-0.4, -0.2) is 77.6 Å². The van der Waals surface area contributed by atoms with Gasteiger partial charge in [0.25, 0.3) is 0 Å². The Balaban J connectivity index is 1.73. The highest BCUT2D eigenvalue weighted by Crippen LogP contribution is 2.00. The Morgan fingerprint density at radius 1 is 0.767 bits per heavy atom. The standard InChI is InChI=1S/C22H38N2O6/c1-22(2,3)24-21(25)30-18-17-28-14-13-26-11-9-23-10-12-27-15-16-29-19-20-7-5-4-6-8-20/h4-8,23H,9-19H2,1-3H3,(H,24,25). The zero-order chi connectivity index (χ0) is 21.9. The summed E-state index contributed by atoms with van der Waals surface area (Å²) < 4.78 is 26.9. The molecule has 0 atom stereocenters. The maximum atomic E-state index is 11.4. The molecule has 0 radical (unpaired) electrons. The first-order valence-corrected chi connectivity index (χ1v) is 10.5. The summed E-state index contributed by atoms with van der Waals surface area (Å²) in [5.41, 5.74) is 0.865. The minimum absolute atomic E-state index is 0.223. The molecular formula is C22H38N2O6. The molecule has 0 fully saturated rings. The van der Waals surface area contributed by atoms with E-state index in [9.17, 15) is 4.79 Å². The van der Waals surface area contributed by atoms with Crippen molar-refractivity contribution in [1.29, 1.82) is 0 Å². The third kappa shape index (κ3) is 17.2. The molecule has 0 saturated carbocycles. The Morgan fingerprint density at radius 3 is 1.90 bits per heavy atom. The molecule has 0 saturated heterocycles. The van der Waals surface area contributed by atoms with Crippen molar-refractivity contribution in [3.8, 4) is 0 Å². The summed E-state index contributed by atoms with van der Waals surface area (Å²) >= 11 is 0. The van der Waals surface area contributed by atoms with E-state index in [0.29, 0.717) is 52.9 Å². The Labute approximate surface area is 180 Å². The van der Waals surface area contributed by atoms with Gasteiger partial charge >= 0.3 is 6.09 Å². The van der Waals surface area contributed by atoms with Crippen LogP contribution in [0.3, 0.4) is 0 Å². The lowest BCUT2D eigenvalue weighted by Crippen LogP contribution is -2.41. The van der Waals surface area contributed by atoms with Crippen LogP contribution in [0, 0.1) is 0 Å². The van der Waals surface area contributed by atoms with Crippen molar-refractivity contribution in [1.82, 2.24) is 10.6 Å². The molecule has 172 valence electrons. The van der Waals surface area contributed by atoms with E-state index in [0.717, 1.165) is 13.1 Å². The van der Waals surface area contributed by atoms with Crippen LogP contribution in [0.15, 0.2) is 30.3 Å². The molecule has 0 heterocycles. The topological polar surface area (TPSA) is 87.3 Å². The summed E-state index contributed by atoms with van der Waals surface area (Å²) in [5, 5.41) is 5.96. The average molecular weight is 427 g/mol. The molecule has 8 heteroatoms. The summed E-state index contributed by atoms with van der Waals surface area (Å²) in [6, 6.07) is 10.1. The number of rotatable bonds is 17. The molecule has 1 aromatic carbocycles. The zero-order valence-electron chi connectivity index (χ0n) is 18.6. The molecule has 30 heavy (non-hydrogen) atoms. The van der Waals surface area contributed by atoms with Gasteiger partial charge < -0.3 is 34.3 Å². The van der Waals surface area contributed by atoms with Crippen molar-refractivity contribution in [2.75, 3.05) is 65.9 Å². The van der Waals surface area contributed by atoms with Crippen LogP contribution < -0.4 is 10.6 Å². The summed E-state index contributed by atoms with van der Waals surface area (Å²) in [6.07, 6.45) is -0.433. The molecule has 0 aliphatic carbocycles. The minimum atomic E-state index is -0.433. The first kappa shape index (κ1) is 26.3. The van der Waals surface area contributed by atoms with E-state index in [4.69, 9.17) is 23.7 Å². The molecule has 1 amide bonds. The monoisotopic (exact) mass is 426 g/mol. The molecule has 0 spiro atoms. The number of ether oxygens (including phenoxy) is 5. The van der Waals surface area contributed by atoms with E-state index in [1.54, 1.807) is 0 Å². The molecule has 0 unspecified atom stereocenters. The highest BCUT2D eigenvalue weighted by Gasteiger charge is 2.14. The van der Waals surface area contributed by atoms with Gasteiger partial charge in [0.15, 0.2) is 0 Å². The fourth-order valence-corrected chi connectivity index (χ4v) is 2.26. The summed E-state index contributed by atoms with van der Waals surface area (Å²) in [6.45, 7) is 11.8. The van der Waals surface area contributed by atoms with E-state index in [-0.39, 0.29) is 12.1 Å².